The van der Waals surface area contributed by atoms with Gasteiger partial charge in [-0.1, -0.05) is 53.7 Å². The number of amidine groups is 1. The molecular formula is C20H18ClN3O3S. The van der Waals surface area contributed by atoms with E-state index in [1.54, 1.807) is 50.5 Å². The predicted molar refractivity (Wildman–Crippen MR) is 112 cm³/mol. The molecule has 8 heteroatoms. The Kier molecular flexibility index (Phi) is 6.16. The van der Waals surface area contributed by atoms with Gasteiger partial charge in [0.1, 0.15) is 5.25 Å². The predicted octanol–water partition coefficient (Wildman–Crippen LogP) is 3.46. The van der Waals surface area contributed by atoms with Gasteiger partial charge in [0.2, 0.25) is 11.8 Å². The van der Waals surface area contributed by atoms with E-state index in [2.05, 4.69) is 10.3 Å². The van der Waals surface area contributed by atoms with E-state index in [1.165, 1.54) is 22.7 Å². The van der Waals surface area contributed by atoms with Gasteiger partial charge < -0.3 is 5.32 Å². The lowest BCUT2D eigenvalue weighted by Crippen LogP contribution is -2.30. The van der Waals surface area contributed by atoms with Crippen LogP contribution in [0.2, 0.25) is 5.02 Å². The summed E-state index contributed by atoms with van der Waals surface area (Å²) in [6.45, 7) is 0. The average Bonchev–Trinajstić information content (AvgIpc) is 2.97. The number of anilines is 1. The minimum atomic E-state index is -0.538. The van der Waals surface area contributed by atoms with Crippen molar-refractivity contribution in [1.29, 1.82) is 0 Å². The third kappa shape index (κ3) is 4.26. The van der Waals surface area contributed by atoms with Crippen LogP contribution in [0, 0.1) is 0 Å². The zero-order chi connectivity index (χ0) is 20.3. The summed E-state index contributed by atoms with van der Waals surface area (Å²) < 4.78 is 0. The molecule has 0 aliphatic carbocycles. The highest BCUT2D eigenvalue weighted by molar-refractivity contribution is 8.15. The van der Waals surface area contributed by atoms with E-state index in [4.69, 9.17) is 11.6 Å². The number of nitrogens with zero attached hydrogens (tertiary/aromatic N) is 2. The number of halogens is 1. The van der Waals surface area contributed by atoms with Crippen molar-refractivity contribution < 1.29 is 14.4 Å². The highest BCUT2D eigenvalue weighted by atomic mass is 35.5. The fourth-order valence-corrected chi connectivity index (χ4v) is 4.10. The van der Waals surface area contributed by atoms with Gasteiger partial charge in [-0.15, -0.1) is 0 Å². The average molecular weight is 416 g/mol. The Morgan fingerprint density at radius 1 is 1.21 bits per heavy atom. The van der Waals surface area contributed by atoms with Crippen molar-refractivity contribution in [3.05, 3.63) is 64.7 Å². The molecule has 0 aromatic heterocycles. The highest BCUT2D eigenvalue weighted by Crippen LogP contribution is 2.29. The monoisotopic (exact) mass is 415 g/mol. The van der Waals surface area contributed by atoms with Crippen LogP contribution in [0.25, 0.3) is 0 Å². The van der Waals surface area contributed by atoms with E-state index >= 15 is 0 Å². The SMILES string of the molecule is CN=C1S[C@H](CC(=O)Nc2ccc(Cl)cc2C(=O)c2ccccc2)C(=O)N1C. The Labute approximate surface area is 172 Å². The standard InChI is InChI=1S/C20H18ClN3O3S/c1-22-20-24(2)19(27)16(28-20)11-17(25)23-15-9-8-13(21)10-14(15)18(26)12-6-4-3-5-7-12/h3-10,16H,11H2,1-2H3,(H,23,25)/t16-/m1/s1. The summed E-state index contributed by atoms with van der Waals surface area (Å²) >= 11 is 7.31. The number of carbonyl (C=O) groups excluding carboxylic acids is 3. The maximum absolute atomic E-state index is 12.8. The minimum Gasteiger partial charge on any atom is -0.325 e. The summed E-state index contributed by atoms with van der Waals surface area (Å²) in [5.41, 5.74) is 1.15. The number of hydrogen-bond acceptors (Lipinski definition) is 5. The number of thioether (sulfide) groups is 1. The number of rotatable bonds is 5. The summed E-state index contributed by atoms with van der Waals surface area (Å²) in [5, 5.41) is 3.17. The Bertz CT molecular complexity index is 962. The van der Waals surface area contributed by atoms with Crippen LogP contribution < -0.4 is 5.32 Å². The molecule has 144 valence electrons. The van der Waals surface area contributed by atoms with Crippen LogP contribution in [0.3, 0.4) is 0 Å². The maximum atomic E-state index is 12.8. The quantitative estimate of drug-likeness (QED) is 0.758. The number of aliphatic imine (C=N–C) groups is 1. The molecule has 0 spiro atoms. The molecule has 1 aliphatic rings. The van der Waals surface area contributed by atoms with E-state index in [1.807, 2.05) is 6.07 Å². The van der Waals surface area contributed by atoms with E-state index < -0.39 is 5.25 Å². The maximum Gasteiger partial charge on any atom is 0.242 e. The molecule has 0 radical (unpaired) electrons. The Morgan fingerprint density at radius 3 is 2.57 bits per heavy atom. The van der Waals surface area contributed by atoms with Crippen LogP contribution in [0.1, 0.15) is 22.3 Å². The number of amides is 2. The second kappa shape index (κ2) is 8.58. The summed E-state index contributed by atoms with van der Waals surface area (Å²) in [7, 11) is 3.23. The first-order chi connectivity index (χ1) is 13.4. The van der Waals surface area contributed by atoms with Crippen LogP contribution in [-0.2, 0) is 9.59 Å². The number of nitrogens with one attached hydrogen (secondary N) is 1. The molecule has 0 unspecified atom stereocenters. The van der Waals surface area contributed by atoms with Crippen molar-refractivity contribution in [2.45, 2.75) is 11.7 Å². The van der Waals surface area contributed by atoms with Crippen LogP contribution in [0.5, 0.6) is 0 Å². The summed E-state index contributed by atoms with van der Waals surface area (Å²) in [4.78, 5) is 43.1. The van der Waals surface area contributed by atoms with Crippen molar-refractivity contribution >= 4 is 51.8 Å². The summed E-state index contributed by atoms with van der Waals surface area (Å²) in [6, 6.07) is 13.5. The smallest absolute Gasteiger partial charge is 0.242 e. The van der Waals surface area contributed by atoms with Gasteiger partial charge in [-0.25, -0.2) is 0 Å². The molecule has 0 saturated carbocycles. The molecule has 0 bridgehead atoms. The summed E-state index contributed by atoms with van der Waals surface area (Å²) in [5.74, 6) is -0.775. The molecule has 2 aromatic carbocycles. The molecule has 1 fully saturated rings. The first-order valence-electron chi connectivity index (χ1n) is 8.51. The van der Waals surface area contributed by atoms with Gasteiger partial charge in [0.15, 0.2) is 11.0 Å². The van der Waals surface area contributed by atoms with Crippen molar-refractivity contribution in [3.8, 4) is 0 Å². The third-order valence-corrected chi connectivity index (χ3v) is 5.79. The van der Waals surface area contributed by atoms with Crippen LogP contribution in [0.15, 0.2) is 53.5 Å². The Morgan fingerprint density at radius 2 is 1.93 bits per heavy atom. The van der Waals surface area contributed by atoms with Crippen molar-refractivity contribution in [2.24, 2.45) is 4.99 Å². The zero-order valence-corrected chi connectivity index (χ0v) is 16.9. The molecule has 3 rings (SSSR count). The van der Waals surface area contributed by atoms with Crippen molar-refractivity contribution in [1.82, 2.24) is 4.90 Å². The zero-order valence-electron chi connectivity index (χ0n) is 15.3. The van der Waals surface area contributed by atoms with Gasteiger partial charge in [0, 0.05) is 36.7 Å². The highest BCUT2D eigenvalue weighted by Gasteiger charge is 2.36. The topological polar surface area (TPSA) is 78.8 Å². The lowest BCUT2D eigenvalue weighted by Gasteiger charge is -2.12. The van der Waals surface area contributed by atoms with E-state index in [-0.39, 0.29) is 24.0 Å². The second-order valence-electron chi connectivity index (χ2n) is 6.15. The van der Waals surface area contributed by atoms with Crippen LogP contribution in [0.4, 0.5) is 5.69 Å². The van der Waals surface area contributed by atoms with Crippen LogP contribution >= 0.6 is 23.4 Å². The number of carbonyl (C=O) groups is 3. The first kappa shape index (κ1) is 20.1. The molecule has 1 heterocycles. The molecule has 2 aromatic rings. The largest absolute Gasteiger partial charge is 0.325 e. The van der Waals surface area contributed by atoms with Crippen molar-refractivity contribution in [2.75, 3.05) is 19.4 Å². The second-order valence-corrected chi connectivity index (χ2v) is 7.75. The van der Waals surface area contributed by atoms with E-state index in [9.17, 15) is 14.4 Å². The van der Waals surface area contributed by atoms with Crippen LogP contribution in [-0.4, -0.2) is 47.0 Å². The minimum absolute atomic E-state index is 0.0194. The summed E-state index contributed by atoms with van der Waals surface area (Å²) in [6.07, 6.45) is -0.0194. The molecule has 1 atom stereocenters. The Balaban J connectivity index is 1.78. The van der Waals surface area contributed by atoms with Crippen molar-refractivity contribution in [3.63, 3.8) is 0 Å². The normalized spacial score (nSPS) is 17.8. The number of hydrogen-bond donors (Lipinski definition) is 1. The van der Waals surface area contributed by atoms with Gasteiger partial charge in [0.05, 0.1) is 5.69 Å². The van der Waals surface area contributed by atoms with Gasteiger partial charge in [-0.2, -0.15) is 0 Å². The number of benzene rings is 2. The van der Waals surface area contributed by atoms with E-state index in [0.717, 1.165) is 0 Å². The lowest BCUT2D eigenvalue weighted by molar-refractivity contribution is -0.127. The fraction of sp³-hybridized carbons (Fsp3) is 0.200. The van der Waals surface area contributed by atoms with Gasteiger partial charge in [0.25, 0.3) is 0 Å². The fourth-order valence-electron chi connectivity index (χ4n) is 2.83. The van der Waals surface area contributed by atoms with E-state index in [0.29, 0.717) is 27.0 Å². The molecular weight excluding hydrogens is 398 g/mol. The molecule has 1 N–H and O–H groups in total. The number of ketones is 1. The van der Waals surface area contributed by atoms with Gasteiger partial charge in [-0.3, -0.25) is 24.3 Å². The first-order valence-corrected chi connectivity index (χ1v) is 9.76. The molecule has 6 nitrogen and oxygen atoms in total. The molecule has 1 aliphatic heterocycles. The molecule has 2 amide bonds. The lowest BCUT2D eigenvalue weighted by atomic mass is 10.0. The van der Waals surface area contributed by atoms with Gasteiger partial charge >= 0.3 is 0 Å². The molecule has 1 saturated heterocycles. The third-order valence-electron chi connectivity index (χ3n) is 4.24. The van der Waals surface area contributed by atoms with Gasteiger partial charge in [-0.05, 0) is 18.2 Å². The molecule has 28 heavy (non-hydrogen) atoms. The Hall–Kier alpha value is -2.64.